The summed E-state index contributed by atoms with van der Waals surface area (Å²) >= 11 is 7.29. The van der Waals surface area contributed by atoms with Gasteiger partial charge in [0, 0.05) is 18.0 Å². The van der Waals surface area contributed by atoms with Crippen LogP contribution in [0.25, 0.3) is 0 Å². The first-order valence-electron chi connectivity index (χ1n) is 4.99. The topological polar surface area (TPSA) is 46.3 Å². The maximum atomic E-state index is 11.9. The van der Waals surface area contributed by atoms with Gasteiger partial charge >= 0.3 is 0 Å². The van der Waals surface area contributed by atoms with Gasteiger partial charge in [-0.05, 0) is 19.1 Å². The molecule has 0 spiro atoms. The molecule has 0 bridgehead atoms. The smallest absolute Gasteiger partial charge is 0.276 e. The Hall–Kier alpha value is -1.33. The molecule has 0 N–H and O–H groups in total. The molecule has 0 fully saturated rings. The van der Waals surface area contributed by atoms with Crippen molar-refractivity contribution in [3.05, 3.63) is 38.9 Å². The van der Waals surface area contributed by atoms with E-state index >= 15 is 0 Å². The highest BCUT2D eigenvalue weighted by Gasteiger charge is 2.16. The lowest BCUT2D eigenvalue weighted by Gasteiger charge is -2.13. The molecule has 1 amide bonds. The average molecular weight is 271 g/mol. The van der Waals surface area contributed by atoms with Crippen LogP contribution in [0.3, 0.4) is 0 Å². The maximum Gasteiger partial charge on any atom is 0.276 e. The summed E-state index contributed by atoms with van der Waals surface area (Å²) in [5, 5.41) is 3.69. The van der Waals surface area contributed by atoms with Crippen LogP contribution < -0.4 is 0 Å². The molecule has 0 atom stereocenters. The zero-order valence-electron chi connectivity index (χ0n) is 9.44. The van der Waals surface area contributed by atoms with Gasteiger partial charge in [-0.15, -0.1) is 11.3 Å². The zero-order chi connectivity index (χ0) is 12.4. The van der Waals surface area contributed by atoms with E-state index in [0.717, 1.165) is 9.21 Å². The quantitative estimate of drug-likeness (QED) is 0.861. The fourth-order valence-corrected chi connectivity index (χ4v) is 2.55. The molecule has 90 valence electrons. The summed E-state index contributed by atoms with van der Waals surface area (Å²) < 4.78 is 5.59. The van der Waals surface area contributed by atoms with Gasteiger partial charge in [0.25, 0.3) is 5.91 Å². The Balaban J connectivity index is 2.05. The molecule has 2 aromatic rings. The van der Waals surface area contributed by atoms with Crippen molar-refractivity contribution in [3.63, 3.8) is 0 Å². The molecular weight excluding hydrogens is 260 g/mol. The summed E-state index contributed by atoms with van der Waals surface area (Å²) in [6.45, 7) is 2.27. The van der Waals surface area contributed by atoms with E-state index in [1.165, 1.54) is 11.3 Å². The van der Waals surface area contributed by atoms with Crippen molar-refractivity contribution in [2.75, 3.05) is 7.05 Å². The Morgan fingerprint density at radius 1 is 1.59 bits per heavy atom. The molecule has 6 heteroatoms. The van der Waals surface area contributed by atoms with Crippen LogP contribution in [-0.2, 0) is 6.54 Å². The predicted octanol–water partition coefficient (Wildman–Crippen LogP) is 2.97. The van der Waals surface area contributed by atoms with Gasteiger partial charge in [-0.1, -0.05) is 16.8 Å². The van der Waals surface area contributed by atoms with E-state index in [1.807, 2.05) is 12.1 Å². The fourth-order valence-electron chi connectivity index (χ4n) is 1.41. The second-order valence-electron chi connectivity index (χ2n) is 3.69. The first-order valence-corrected chi connectivity index (χ1v) is 6.18. The number of hydrogen-bond acceptors (Lipinski definition) is 4. The van der Waals surface area contributed by atoms with Crippen LogP contribution >= 0.6 is 22.9 Å². The van der Waals surface area contributed by atoms with E-state index in [-0.39, 0.29) is 5.91 Å². The zero-order valence-corrected chi connectivity index (χ0v) is 11.0. The molecule has 17 heavy (non-hydrogen) atoms. The van der Waals surface area contributed by atoms with Crippen LogP contribution in [0.1, 0.15) is 21.1 Å². The van der Waals surface area contributed by atoms with Gasteiger partial charge in [-0.3, -0.25) is 4.79 Å². The van der Waals surface area contributed by atoms with Crippen LogP contribution in [0, 0.1) is 6.92 Å². The number of aryl methyl sites for hydroxylation is 1. The normalized spacial score (nSPS) is 10.5. The third kappa shape index (κ3) is 2.87. The maximum absolute atomic E-state index is 11.9. The molecule has 4 nitrogen and oxygen atoms in total. The van der Waals surface area contributed by atoms with Crippen LogP contribution in [0.5, 0.6) is 0 Å². The first kappa shape index (κ1) is 12.1. The monoisotopic (exact) mass is 270 g/mol. The molecule has 0 aromatic carbocycles. The van der Waals surface area contributed by atoms with Crippen LogP contribution in [-0.4, -0.2) is 23.0 Å². The van der Waals surface area contributed by atoms with E-state index in [9.17, 15) is 4.79 Å². The number of nitrogens with zero attached hydrogens (tertiary/aromatic N) is 2. The number of halogens is 1. The number of rotatable bonds is 3. The average Bonchev–Trinajstić information content (AvgIpc) is 2.87. The minimum atomic E-state index is -0.161. The second-order valence-corrected chi connectivity index (χ2v) is 5.49. The van der Waals surface area contributed by atoms with Gasteiger partial charge < -0.3 is 9.42 Å². The largest absolute Gasteiger partial charge is 0.361 e. The molecule has 0 unspecified atom stereocenters. The Kier molecular flexibility index (Phi) is 3.49. The lowest BCUT2D eigenvalue weighted by Crippen LogP contribution is -2.26. The van der Waals surface area contributed by atoms with Crippen molar-refractivity contribution in [2.45, 2.75) is 13.5 Å². The molecule has 2 aromatic heterocycles. The molecule has 0 saturated heterocycles. The Bertz CT molecular complexity index is 535. The van der Waals surface area contributed by atoms with E-state index in [4.69, 9.17) is 16.1 Å². The lowest BCUT2D eigenvalue weighted by atomic mass is 10.3. The van der Waals surface area contributed by atoms with E-state index in [2.05, 4.69) is 5.16 Å². The molecule has 2 rings (SSSR count). The van der Waals surface area contributed by atoms with Gasteiger partial charge in [0.05, 0.1) is 10.9 Å². The SMILES string of the molecule is Cc1cc(C(=O)N(C)Cc2ccc(Cl)s2)no1. The molecule has 0 aliphatic heterocycles. The van der Waals surface area contributed by atoms with Crippen molar-refractivity contribution in [1.82, 2.24) is 10.1 Å². The molecular formula is C11H11ClN2O2S. The van der Waals surface area contributed by atoms with E-state index in [0.29, 0.717) is 18.0 Å². The van der Waals surface area contributed by atoms with Crippen LogP contribution in [0.15, 0.2) is 22.7 Å². The van der Waals surface area contributed by atoms with Crippen LogP contribution in [0.4, 0.5) is 0 Å². The predicted molar refractivity (Wildman–Crippen MR) is 66.4 cm³/mol. The van der Waals surface area contributed by atoms with Gasteiger partial charge in [-0.25, -0.2) is 0 Å². The van der Waals surface area contributed by atoms with Crippen molar-refractivity contribution in [3.8, 4) is 0 Å². The van der Waals surface area contributed by atoms with Crippen molar-refractivity contribution in [1.29, 1.82) is 0 Å². The van der Waals surface area contributed by atoms with Crippen molar-refractivity contribution < 1.29 is 9.32 Å². The number of amides is 1. The number of carbonyl (C=O) groups excluding carboxylic acids is 1. The summed E-state index contributed by atoms with van der Waals surface area (Å²) in [7, 11) is 1.72. The molecule has 0 aliphatic rings. The number of aromatic nitrogens is 1. The third-order valence-electron chi connectivity index (χ3n) is 2.22. The van der Waals surface area contributed by atoms with Crippen molar-refractivity contribution >= 4 is 28.8 Å². The Morgan fingerprint density at radius 2 is 2.35 bits per heavy atom. The standard InChI is InChI=1S/C11H11ClN2O2S/c1-7-5-9(13-16-7)11(15)14(2)6-8-3-4-10(12)17-8/h3-5H,6H2,1-2H3. The van der Waals surface area contributed by atoms with Gasteiger partial charge in [-0.2, -0.15) is 0 Å². The summed E-state index contributed by atoms with van der Waals surface area (Å²) in [5.74, 6) is 0.465. The summed E-state index contributed by atoms with van der Waals surface area (Å²) in [6, 6.07) is 5.35. The summed E-state index contributed by atoms with van der Waals surface area (Å²) in [5.41, 5.74) is 0.327. The van der Waals surface area contributed by atoms with Crippen LogP contribution in [0.2, 0.25) is 4.34 Å². The Labute approximate surface area is 108 Å². The van der Waals surface area contributed by atoms with E-state index in [1.54, 1.807) is 24.9 Å². The first-order chi connectivity index (χ1) is 8.06. The number of carbonyl (C=O) groups is 1. The summed E-state index contributed by atoms with van der Waals surface area (Å²) in [6.07, 6.45) is 0. The molecule has 2 heterocycles. The molecule has 0 aliphatic carbocycles. The van der Waals surface area contributed by atoms with Crippen molar-refractivity contribution in [2.24, 2.45) is 0 Å². The van der Waals surface area contributed by atoms with E-state index < -0.39 is 0 Å². The number of hydrogen-bond donors (Lipinski definition) is 0. The van der Waals surface area contributed by atoms with Gasteiger partial charge in [0.15, 0.2) is 5.69 Å². The van der Waals surface area contributed by atoms with Gasteiger partial charge in [0.1, 0.15) is 5.76 Å². The lowest BCUT2D eigenvalue weighted by molar-refractivity contribution is 0.0776. The molecule has 0 saturated carbocycles. The summed E-state index contributed by atoms with van der Waals surface area (Å²) in [4.78, 5) is 14.6. The minimum Gasteiger partial charge on any atom is -0.361 e. The Morgan fingerprint density at radius 3 is 2.88 bits per heavy atom. The van der Waals surface area contributed by atoms with Gasteiger partial charge in [0.2, 0.25) is 0 Å². The highest BCUT2D eigenvalue weighted by molar-refractivity contribution is 7.16. The highest BCUT2D eigenvalue weighted by atomic mass is 35.5. The second kappa shape index (κ2) is 4.89. The fraction of sp³-hybridized carbons (Fsp3) is 0.273. The third-order valence-corrected chi connectivity index (χ3v) is 3.43. The number of thiophene rings is 1. The molecule has 0 radical (unpaired) electrons. The minimum absolute atomic E-state index is 0.161. The highest BCUT2D eigenvalue weighted by Crippen LogP contribution is 2.22.